The lowest BCUT2D eigenvalue weighted by atomic mass is 9.98. The summed E-state index contributed by atoms with van der Waals surface area (Å²) in [6.45, 7) is 10.1. The van der Waals surface area contributed by atoms with E-state index in [2.05, 4.69) is 41.7 Å². The Morgan fingerprint density at radius 2 is 1.31 bits per heavy atom. The molecule has 0 fully saturated rings. The van der Waals surface area contributed by atoms with E-state index in [1.165, 1.54) is 5.56 Å². The molecule has 0 saturated carbocycles. The minimum atomic E-state index is -1.07. The number of ether oxygens (including phenoxy) is 4. The second-order valence-corrected chi connectivity index (χ2v) is 12.4. The SMILES string of the molecule is Cc1ccc(COc2ccc(COC(=O)[C@H](NC(=O)OCC3c4ccccc4-c4ccccc43)[C@H](C)OC(C)(C)C)cc2)cc1. The zero-order valence-electron chi connectivity index (χ0n) is 26.5. The third kappa shape index (κ3) is 8.31. The molecule has 7 nitrogen and oxygen atoms in total. The van der Waals surface area contributed by atoms with Gasteiger partial charge in [-0.2, -0.15) is 0 Å². The lowest BCUT2D eigenvalue weighted by molar-refractivity contribution is -0.154. The average Bonchev–Trinajstić information content (AvgIpc) is 3.34. The Morgan fingerprint density at radius 1 is 0.756 bits per heavy atom. The molecule has 1 aliphatic rings. The van der Waals surface area contributed by atoms with Crippen molar-refractivity contribution < 1.29 is 28.5 Å². The van der Waals surface area contributed by atoms with Gasteiger partial charge in [0.25, 0.3) is 0 Å². The van der Waals surface area contributed by atoms with Crippen LogP contribution in [0.2, 0.25) is 0 Å². The number of esters is 1. The van der Waals surface area contributed by atoms with Crippen molar-refractivity contribution in [2.24, 2.45) is 0 Å². The summed E-state index contributed by atoms with van der Waals surface area (Å²) in [5.74, 6) is 0.00764. The molecule has 0 spiro atoms. The number of nitrogens with one attached hydrogen (secondary N) is 1. The topological polar surface area (TPSA) is 83.1 Å². The molecule has 234 valence electrons. The first-order chi connectivity index (χ1) is 21.6. The maximum absolute atomic E-state index is 13.3. The van der Waals surface area contributed by atoms with Crippen molar-refractivity contribution in [2.45, 2.75) is 71.5 Å². The van der Waals surface area contributed by atoms with Crippen molar-refractivity contribution >= 4 is 12.1 Å². The van der Waals surface area contributed by atoms with Crippen molar-refractivity contribution in [3.8, 4) is 16.9 Å². The molecule has 7 heteroatoms. The molecule has 0 aliphatic heterocycles. The number of benzene rings is 4. The number of amides is 1. The van der Waals surface area contributed by atoms with E-state index in [-0.39, 0.29) is 19.1 Å². The van der Waals surface area contributed by atoms with Gasteiger partial charge in [-0.05, 0) is 80.1 Å². The van der Waals surface area contributed by atoms with Gasteiger partial charge in [0.05, 0.1) is 11.7 Å². The van der Waals surface area contributed by atoms with Gasteiger partial charge in [-0.15, -0.1) is 0 Å². The van der Waals surface area contributed by atoms with Gasteiger partial charge in [-0.3, -0.25) is 0 Å². The summed E-state index contributed by atoms with van der Waals surface area (Å²) < 4.78 is 23.3. The first kappa shape index (κ1) is 31.8. The van der Waals surface area contributed by atoms with Gasteiger partial charge in [-0.1, -0.05) is 90.5 Å². The monoisotopic (exact) mass is 607 g/mol. The zero-order valence-corrected chi connectivity index (χ0v) is 26.5. The van der Waals surface area contributed by atoms with Crippen LogP contribution in [-0.4, -0.2) is 36.4 Å². The highest BCUT2D eigenvalue weighted by Crippen LogP contribution is 2.44. The van der Waals surface area contributed by atoms with Crippen molar-refractivity contribution in [1.82, 2.24) is 5.32 Å². The Balaban J connectivity index is 1.18. The van der Waals surface area contributed by atoms with Gasteiger partial charge in [0, 0.05) is 5.92 Å². The first-order valence-electron chi connectivity index (χ1n) is 15.3. The lowest BCUT2D eigenvalue weighted by Gasteiger charge is -2.30. The Hall–Kier alpha value is -4.62. The van der Waals surface area contributed by atoms with E-state index in [0.29, 0.717) is 12.4 Å². The average molecular weight is 608 g/mol. The number of aryl methyl sites for hydroxylation is 1. The van der Waals surface area contributed by atoms with Crippen LogP contribution < -0.4 is 10.1 Å². The smallest absolute Gasteiger partial charge is 0.407 e. The maximum atomic E-state index is 13.3. The minimum absolute atomic E-state index is 0.0299. The highest BCUT2D eigenvalue weighted by molar-refractivity contribution is 5.82. The number of hydrogen-bond donors (Lipinski definition) is 1. The van der Waals surface area contributed by atoms with Gasteiger partial charge < -0.3 is 24.3 Å². The number of alkyl carbamates (subject to hydrolysis) is 1. The third-order valence-corrected chi connectivity index (χ3v) is 7.71. The molecule has 1 aliphatic carbocycles. The summed E-state index contributed by atoms with van der Waals surface area (Å²) in [7, 11) is 0. The van der Waals surface area contributed by atoms with E-state index in [0.717, 1.165) is 33.4 Å². The lowest BCUT2D eigenvalue weighted by Crippen LogP contribution is -2.51. The molecule has 1 amide bonds. The summed E-state index contributed by atoms with van der Waals surface area (Å²) in [6.07, 6.45) is -1.38. The molecule has 2 atom stereocenters. The quantitative estimate of drug-likeness (QED) is 0.176. The second kappa shape index (κ2) is 14.0. The molecule has 1 N–H and O–H groups in total. The fourth-order valence-corrected chi connectivity index (χ4v) is 5.54. The number of carbonyl (C=O) groups excluding carboxylic acids is 2. The van der Waals surface area contributed by atoms with Gasteiger partial charge in [0.1, 0.15) is 25.6 Å². The van der Waals surface area contributed by atoms with E-state index in [1.807, 2.05) is 88.4 Å². The molecular weight excluding hydrogens is 566 g/mol. The normalized spacial score (nSPS) is 13.7. The Kier molecular flexibility index (Phi) is 9.89. The van der Waals surface area contributed by atoms with Crippen LogP contribution in [0.15, 0.2) is 97.1 Å². The van der Waals surface area contributed by atoms with Crippen LogP contribution in [0.5, 0.6) is 5.75 Å². The number of rotatable bonds is 11. The molecule has 0 radical (unpaired) electrons. The van der Waals surface area contributed by atoms with E-state index in [1.54, 1.807) is 6.92 Å². The Morgan fingerprint density at radius 3 is 1.91 bits per heavy atom. The molecule has 5 rings (SSSR count). The molecule has 0 heterocycles. The van der Waals surface area contributed by atoms with Crippen molar-refractivity contribution in [3.05, 3.63) is 125 Å². The summed E-state index contributed by atoms with van der Waals surface area (Å²) in [4.78, 5) is 26.4. The molecule has 0 unspecified atom stereocenters. The summed E-state index contributed by atoms with van der Waals surface area (Å²) >= 11 is 0. The van der Waals surface area contributed by atoms with Crippen LogP contribution in [0.25, 0.3) is 11.1 Å². The summed E-state index contributed by atoms with van der Waals surface area (Å²) in [5.41, 5.74) is 7.03. The highest BCUT2D eigenvalue weighted by atomic mass is 16.6. The molecular formula is C38H41NO6. The Bertz CT molecular complexity index is 1560. The van der Waals surface area contributed by atoms with Crippen molar-refractivity contribution in [3.63, 3.8) is 0 Å². The van der Waals surface area contributed by atoms with Crippen LogP contribution in [0.3, 0.4) is 0 Å². The van der Waals surface area contributed by atoms with Gasteiger partial charge in [-0.25, -0.2) is 9.59 Å². The van der Waals surface area contributed by atoms with Crippen LogP contribution in [0.1, 0.15) is 61.4 Å². The molecule has 0 saturated heterocycles. The molecule has 4 aromatic rings. The molecule has 4 aromatic carbocycles. The first-order valence-corrected chi connectivity index (χ1v) is 15.3. The standard InChI is InChI=1S/C38H41NO6/c1-25-14-16-27(17-15-25)22-42-29-20-18-28(19-21-29)23-43-36(40)35(26(2)45-38(3,4)5)39-37(41)44-24-34-32-12-8-6-10-30(32)31-11-7-9-13-33(31)34/h6-21,26,34-35H,22-24H2,1-5H3,(H,39,41)/t26-,35+/m0/s1. The van der Waals surface area contributed by atoms with Gasteiger partial charge >= 0.3 is 12.1 Å². The van der Waals surface area contributed by atoms with E-state index < -0.39 is 29.8 Å². The number of carbonyl (C=O) groups is 2. The van der Waals surface area contributed by atoms with E-state index in [9.17, 15) is 9.59 Å². The predicted octanol–water partition coefficient (Wildman–Crippen LogP) is 7.73. The molecule has 0 aromatic heterocycles. The van der Waals surface area contributed by atoms with E-state index >= 15 is 0 Å². The molecule has 45 heavy (non-hydrogen) atoms. The fraction of sp³-hybridized carbons (Fsp3) is 0.316. The minimum Gasteiger partial charge on any atom is -0.489 e. The number of hydrogen-bond acceptors (Lipinski definition) is 6. The van der Waals surface area contributed by atoms with Crippen LogP contribution in [0, 0.1) is 6.92 Å². The highest BCUT2D eigenvalue weighted by Gasteiger charge is 2.34. The fourth-order valence-electron chi connectivity index (χ4n) is 5.54. The largest absolute Gasteiger partial charge is 0.489 e. The van der Waals surface area contributed by atoms with Gasteiger partial charge in [0.2, 0.25) is 0 Å². The van der Waals surface area contributed by atoms with Crippen molar-refractivity contribution in [2.75, 3.05) is 6.61 Å². The summed E-state index contributed by atoms with van der Waals surface area (Å²) in [6, 6.07) is 30.8. The molecule has 0 bridgehead atoms. The second-order valence-electron chi connectivity index (χ2n) is 12.4. The number of fused-ring (bicyclic) bond motifs is 3. The van der Waals surface area contributed by atoms with E-state index in [4.69, 9.17) is 18.9 Å². The zero-order chi connectivity index (χ0) is 32.0. The Labute approximate surface area is 265 Å². The van der Waals surface area contributed by atoms with Crippen LogP contribution in [0.4, 0.5) is 4.79 Å². The summed E-state index contributed by atoms with van der Waals surface area (Å²) in [5, 5.41) is 2.71. The van der Waals surface area contributed by atoms with Crippen molar-refractivity contribution in [1.29, 1.82) is 0 Å². The van der Waals surface area contributed by atoms with Gasteiger partial charge in [0.15, 0.2) is 6.04 Å². The predicted molar refractivity (Wildman–Crippen MR) is 174 cm³/mol. The third-order valence-electron chi connectivity index (χ3n) is 7.71. The maximum Gasteiger partial charge on any atom is 0.407 e. The van der Waals surface area contributed by atoms with Crippen LogP contribution >= 0.6 is 0 Å². The van der Waals surface area contributed by atoms with Crippen LogP contribution in [-0.2, 0) is 32.2 Å².